The Morgan fingerprint density at radius 1 is 1.08 bits per heavy atom. The third-order valence-electron chi connectivity index (χ3n) is 6.47. The van der Waals surface area contributed by atoms with Crippen molar-refractivity contribution >= 4 is 58.1 Å². The first-order chi connectivity index (χ1) is 18.5. The topological polar surface area (TPSA) is 106 Å². The predicted molar refractivity (Wildman–Crippen MR) is 147 cm³/mol. The molecule has 38 heavy (non-hydrogen) atoms. The number of amides is 2. The SMILES string of the molecule is O=C(CN1C(=O)/C(=C/c2ccc(Sc3nc4ccccc4[nH]3)o2)SC1O)N1CCN(c2ccccc2)CC1. The molecule has 11 heteroatoms. The van der Waals surface area contributed by atoms with Gasteiger partial charge in [-0.25, -0.2) is 4.98 Å². The molecular weight excluding hydrogens is 522 g/mol. The van der Waals surface area contributed by atoms with E-state index in [1.54, 1.807) is 23.1 Å². The van der Waals surface area contributed by atoms with Crippen LogP contribution in [-0.4, -0.2) is 75.0 Å². The Kier molecular flexibility index (Phi) is 6.88. The molecule has 0 bridgehead atoms. The molecule has 6 rings (SSSR count). The Labute approximate surface area is 227 Å². The Hall–Kier alpha value is -3.67. The second-order valence-electron chi connectivity index (χ2n) is 8.91. The molecule has 4 heterocycles. The maximum Gasteiger partial charge on any atom is 0.263 e. The van der Waals surface area contributed by atoms with E-state index in [0.717, 1.165) is 41.6 Å². The number of anilines is 1. The van der Waals surface area contributed by atoms with Crippen LogP contribution in [0.3, 0.4) is 0 Å². The quantitative estimate of drug-likeness (QED) is 0.351. The number of nitrogens with one attached hydrogen (secondary N) is 1. The lowest BCUT2D eigenvalue weighted by Gasteiger charge is -2.36. The Balaban J connectivity index is 1.06. The highest BCUT2D eigenvalue weighted by atomic mass is 32.2. The summed E-state index contributed by atoms with van der Waals surface area (Å²) in [7, 11) is 0. The smallest absolute Gasteiger partial charge is 0.263 e. The second-order valence-corrected chi connectivity index (χ2v) is 11.0. The number of benzene rings is 2. The molecule has 1 atom stereocenters. The fourth-order valence-corrected chi connectivity index (χ4v) is 6.18. The monoisotopic (exact) mass is 547 g/mol. The third-order valence-corrected chi connectivity index (χ3v) is 8.29. The Bertz CT molecular complexity index is 1460. The standard InChI is InChI=1S/C27H25N5O4S2/c33-23(31-14-12-30(13-15-31)18-6-2-1-3-7-18)17-32-25(34)22(37-27(32)35)16-19-10-11-24(36-19)38-26-28-20-8-4-5-9-21(20)29-26/h1-11,16,27,35H,12-15,17H2,(H,28,29)/b22-16-. The number of aromatic nitrogens is 2. The number of carbonyl (C=O) groups excluding carboxylic acids is 2. The van der Waals surface area contributed by atoms with Crippen molar-refractivity contribution < 1.29 is 19.1 Å². The predicted octanol–water partition coefficient (Wildman–Crippen LogP) is 3.85. The molecule has 2 aromatic heterocycles. The third kappa shape index (κ3) is 5.17. The van der Waals surface area contributed by atoms with E-state index in [1.807, 2.05) is 42.5 Å². The minimum atomic E-state index is -1.12. The number of hydrogen-bond acceptors (Lipinski definition) is 8. The minimum Gasteiger partial charge on any atom is -0.450 e. The van der Waals surface area contributed by atoms with Crippen LogP contribution in [0.1, 0.15) is 5.76 Å². The summed E-state index contributed by atoms with van der Waals surface area (Å²) in [6, 6.07) is 21.4. The average Bonchev–Trinajstić information content (AvgIpc) is 3.63. The summed E-state index contributed by atoms with van der Waals surface area (Å²) in [5.41, 5.74) is 1.83. The number of para-hydroxylation sites is 3. The zero-order chi connectivity index (χ0) is 26.1. The summed E-state index contributed by atoms with van der Waals surface area (Å²) in [6.07, 6.45) is 1.60. The van der Waals surface area contributed by atoms with E-state index < -0.39 is 5.56 Å². The number of nitrogens with zero attached hydrogens (tertiary/aromatic N) is 4. The van der Waals surface area contributed by atoms with Crippen LogP contribution in [0.4, 0.5) is 5.69 Å². The molecule has 2 aromatic carbocycles. The van der Waals surface area contributed by atoms with Crippen LogP contribution in [-0.2, 0) is 9.59 Å². The van der Waals surface area contributed by atoms with Gasteiger partial charge >= 0.3 is 0 Å². The summed E-state index contributed by atoms with van der Waals surface area (Å²) >= 11 is 2.36. The van der Waals surface area contributed by atoms with Crippen LogP contribution in [0.15, 0.2) is 86.3 Å². The molecule has 0 aliphatic carbocycles. The van der Waals surface area contributed by atoms with Crippen LogP contribution < -0.4 is 4.90 Å². The van der Waals surface area contributed by atoms with Gasteiger partial charge in [0, 0.05) is 37.9 Å². The zero-order valence-corrected chi connectivity index (χ0v) is 22.0. The van der Waals surface area contributed by atoms with Gasteiger partial charge in [-0.2, -0.15) is 0 Å². The molecule has 0 spiro atoms. The van der Waals surface area contributed by atoms with Crippen molar-refractivity contribution in [1.82, 2.24) is 19.8 Å². The zero-order valence-electron chi connectivity index (χ0n) is 20.3. The van der Waals surface area contributed by atoms with Crippen molar-refractivity contribution in [1.29, 1.82) is 0 Å². The van der Waals surface area contributed by atoms with Crippen molar-refractivity contribution in [3.05, 3.63) is 77.4 Å². The molecule has 2 N–H and O–H groups in total. The van der Waals surface area contributed by atoms with Gasteiger partial charge in [0.2, 0.25) is 5.91 Å². The van der Waals surface area contributed by atoms with Gasteiger partial charge in [0.05, 0.1) is 15.9 Å². The number of hydrogen-bond donors (Lipinski definition) is 2. The molecule has 9 nitrogen and oxygen atoms in total. The lowest BCUT2D eigenvalue weighted by Crippen LogP contribution is -2.52. The Morgan fingerprint density at radius 2 is 1.84 bits per heavy atom. The number of aliphatic hydroxyl groups excluding tert-OH is 1. The van der Waals surface area contributed by atoms with E-state index in [4.69, 9.17) is 4.42 Å². The number of piperazine rings is 1. The van der Waals surface area contributed by atoms with Gasteiger partial charge in [-0.15, -0.1) is 0 Å². The molecular formula is C27H25N5O4S2. The number of H-pyrrole nitrogens is 1. The van der Waals surface area contributed by atoms with Gasteiger partial charge in [-0.05, 0) is 48.2 Å². The molecule has 2 amide bonds. The number of aliphatic hydroxyl groups is 1. The molecule has 0 saturated carbocycles. The number of thioether (sulfide) groups is 1. The first-order valence-electron chi connectivity index (χ1n) is 12.2. The fraction of sp³-hybridized carbons (Fsp3) is 0.222. The largest absolute Gasteiger partial charge is 0.450 e. The number of furan rings is 1. The summed E-state index contributed by atoms with van der Waals surface area (Å²) in [5, 5.41) is 11.8. The van der Waals surface area contributed by atoms with E-state index in [-0.39, 0.29) is 18.4 Å². The van der Waals surface area contributed by atoms with Crippen LogP contribution in [0.2, 0.25) is 0 Å². The highest BCUT2D eigenvalue weighted by molar-refractivity contribution is 8.05. The van der Waals surface area contributed by atoms with Gasteiger partial charge in [0.1, 0.15) is 12.3 Å². The van der Waals surface area contributed by atoms with Crippen molar-refractivity contribution in [2.75, 3.05) is 37.6 Å². The number of imidazole rings is 1. The maximum absolute atomic E-state index is 13.0. The van der Waals surface area contributed by atoms with Crippen molar-refractivity contribution in [2.24, 2.45) is 0 Å². The molecule has 2 aliphatic heterocycles. The molecule has 2 aliphatic rings. The first kappa shape index (κ1) is 24.7. The van der Waals surface area contributed by atoms with Gasteiger partial charge in [0.25, 0.3) is 5.91 Å². The van der Waals surface area contributed by atoms with Crippen LogP contribution in [0.25, 0.3) is 17.1 Å². The maximum atomic E-state index is 13.0. The normalized spacial score (nSPS) is 19.2. The van der Waals surface area contributed by atoms with Gasteiger partial charge in [-0.1, -0.05) is 42.1 Å². The van der Waals surface area contributed by atoms with Crippen molar-refractivity contribution in [3.8, 4) is 0 Å². The number of aromatic amines is 1. The molecule has 0 radical (unpaired) electrons. The summed E-state index contributed by atoms with van der Waals surface area (Å²) in [4.78, 5) is 39.2. The highest BCUT2D eigenvalue weighted by Crippen LogP contribution is 2.36. The average molecular weight is 548 g/mol. The van der Waals surface area contributed by atoms with Crippen molar-refractivity contribution in [3.63, 3.8) is 0 Å². The molecule has 4 aromatic rings. The van der Waals surface area contributed by atoms with Crippen LogP contribution >= 0.6 is 23.5 Å². The van der Waals surface area contributed by atoms with E-state index in [0.29, 0.717) is 34.0 Å². The van der Waals surface area contributed by atoms with Crippen LogP contribution in [0.5, 0.6) is 0 Å². The lowest BCUT2D eigenvalue weighted by molar-refractivity contribution is -0.141. The van der Waals surface area contributed by atoms with Crippen molar-refractivity contribution in [2.45, 2.75) is 15.8 Å². The first-order valence-corrected chi connectivity index (χ1v) is 13.9. The molecule has 194 valence electrons. The number of fused-ring (bicyclic) bond motifs is 1. The highest BCUT2D eigenvalue weighted by Gasteiger charge is 2.37. The van der Waals surface area contributed by atoms with E-state index >= 15 is 0 Å². The second kappa shape index (κ2) is 10.6. The van der Waals surface area contributed by atoms with Gasteiger partial charge < -0.3 is 24.3 Å². The van der Waals surface area contributed by atoms with Crippen LogP contribution in [0, 0.1) is 0 Å². The van der Waals surface area contributed by atoms with Gasteiger partial charge in [-0.3, -0.25) is 14.5 Å². The van der Waals surface area contributed by atoms with E-state index in [1.165, 1.54) is 16.7 Å². The molecule has 1 unspecified atom stereocenters. The number of rotatable bonds is 6. The lowest BCUT2D eigenvalue weighted by atomic mass is 10.2. The summed E-state index contributed by atoms with van der Waals surface area (Å²) in [5.74, 6) is -0.0759. The van der Waals surface area contributed by atoms with E-state index in [2.05, 4.69) is 27.0 Å². The molecule has 2 saturated heterocycles. The summed E-state index contributed by atoms with van der Waals surface area (Å²) < 4.78 is 5.87. The summed E-state index contributed by atoms with van der Waals surface area (Å²) in [6.45, 7) is 2.42. The fourth-order valence-electron chi connectivity index (χ4n) is 4.48. The minimum absolute atomic E-state index is 0.166. The Morgan fingerprint density at radius 3 is 2.63 bits per heavy atom. The number of carbonyl (C=O) groups is 2. The molecule has 2 fully saturated rings. The van der Waals surface area contributed by atoms with E-state index in [9.17, 15) is 14.7 Å². The van der Waals surface area contributed by atoms with Gasteiger partial charge in [0.15, 0.2) is 15.8 Å².